The predicted molar refractivity (Wildman–Crippen MR) is 72.3 cm³/mol. The number of rotatable bonds is 5. The molecule has 8 heteroatoms. The predicted octanol–water partition coefficient (Wildman–Crippen LogP) is 1.42. The van der Waals surface area contributed by atoms with E-state index in [4.69, 9.17) is 0 Å². The molecule has 1 aromatic rings. The molecule has 0 heterocycles. The molecule has 6 nitrogen and oxygen atoms in total. The molecule has 0 unspecified atom stereocenters. The van der Waals surface area contributed by atoms with E-state index >= 15 is 0 Å². The van der Waals surface area contributed by atoms with Gasteiger partial charge in [0.25, 0.3) is 10.0 Å². The van der Waals surface area contributed by atoms with Crippen molar-refractivity contribution in [3.8, 4) is 0 Å². The minimum absolute atomic E-state index is 0. The van der Waals surface area contributed by atoms with Crippen molar-refractivity contribution < 1.29 is 55.5 Å². The maximum absolute atomic E-state index is 12.3. The van der Waals surface area contributed by atoms with Gasteiger partial charge >= 0.3 is 6.09 Å². The number of aryl methyl sites for hydroxylation is 1. The summed E-state index contributed by atoms with van der Waals surface area (Å²) >= 11 is 0. The van der Waals surface area contributed by atoms with Crippen LogP contribution in [0.5, 0.6) is 0 Å². The average molecular weight is 385 g/mol. The molecule has 21 heavy (non-hydrogen) atoms. The van der Waals surface area contributed by atoms with Crippen LogP contribution < -0.4 is 0 Å². The van der Waals surface area contributed by atoms with Crippen LogP contribution in [0.15, 0.2) is 41.3 Å². The number of allylic oxidation sites excluding steroid dienone is 1. The molecule has 0 aliphatic carbocycles. The molecule has 1 aromatic carbocycles. The first kappa shape index (κ1) is 20.0. The first-order valence-corrected chi connectivity index (χ1v) is 7.07. The number of hydrogen-bond donors (Lipinski definition) is 0. The standard InChI is InChI=1S/C13H14NO5S.Y/c1-11-5-7-12(8-6-11)20(17,18)14(13(16)19-2)9-3-4-10-15;/h3-8H,9H2,1-2H3;/q-1;/b4-3+;. The van der Waals surface area contributed by atoms with E-state index in [1.165, 1.54) is 24.5 Å². The third-order valence-electron chi connectivity index (χ3n) is 2.44. The number of nitrogens with zero attached hydrogens (tertiary/aromatic N) is 1. The molecule has 0 atom stereocenters. The van der Waals surface area contributed by atoms with Crippen molar-refractivity contribution in [3.05, 3.63) is 42.0 Å². The van der Waals surface area contributed by atoms with Gasteiger partial charge in [0.15, 0.2) is 0 Å². The van der Waals surface area contributed by atoms with Crippen LogP contribution in [0.2, 0.25) is 0 Å². The quantitative estimate of drug-likeness (QED) is 0.566. The first-order chi connectivity index (χ1) is 9.43. The summed E-state index contributed by atoms with van der Waals surface area (Å²) in [6, 6.07) is 6.04. The molecular formula is C13H14NO5SY-. The summed E-state index contributed by atoms with van der Waals surface area (Å²) in [6.45, 7) is 1.51. The number of benzene rings is 1. The summed E-state index contributed by atoms with van der Waals surface area (Å²) in [6.07, 6.45) is 2.64. The number of hydrogen-bond acceptors (Lipinski definition) is 5. The zero-order valence-electron chi connectivity index (χ0n) is 11.6. The van der Waals surface area contributed by atoms with Crippen LogP contribution in [0.4, 0.5) is 4.79 Å². The van der Waals surface area contributed by atoms with E-state index in [1.54, 1.807) is 12.1 Å². The summed E-state index contributed by atoms with van der Waals surface area (Å²) in [5.41, 5.74) is 0.893. The Morgan fingerprint density at radius 1 is 1.33 bits per heavy atom. The average Bonchev–Trinajstić information content (AvgIpc) is 2.43. The van der Waals surface area contributed by atoms with E-state index < -0.39 is 16.1 Å². The van der Waals surface area contributed by atoms with E-state index in [0.717, 1.165) is 18.7 Å². The molecule has 0 saturated heterocycles. The van der Waals surface area contributed by atoms with Crippen LogP contribution in [-0.2, 0) is 52.3 Å². The fourth-order valence-electron chi connectivity index (χ4n) is 1.41. The van der Waals surface area contributed by atoms with Crippen LogP contribution in [0.1, 0.15) is 5.56 Å². The Bertz CT molecular complexity index is 610. The molecule has 0 spiro atoms. The first-order valence-electron chi connectivity index (χ1n) is 5.63. The minimum atomic E-state index is -4.03. The van der Waals surface area contributed by atoms with Gasteiger partial charge in [-0.25, -0.2) is 23.6 Å². The Morgan fingerprint density at radius 2 is 1.90 bits per heavy atom. The van der Waals surface area contributed by atoms with Gasteiger partial charge in [-0.05, 0) is 31.9 Å². The Labute approximate surface area is 149 Å². The summed E-state index contributed by atoms with van der Waals surface area (Å²) in [7, 11) is -2.95. The van der Waals surface area contributed by atoms with E-state index in [0.29, 0.717) is 4.31 Å². The topological polar surface area (TPSA) is 80.8 Å². The van der Waals surface area contributed by atoms with Crippen molar-refractivity contribution in [2.24, 2.45) is 0 Å². The number of amides is 1. The molecule has 1 amide bonds. The van der Waals surface area contributed by atoms with Gasteiger partial charge in [-0.2, -0.15) is 6.08 Å². The normalized spacial score (nSPS) is 10.8. The van der Waals surface area contributed by atoms with Crippen molar-refractivity contribution in [1.29, 1.82) is 0 Å². The molecule has 0 N–H and O–H groups in total. The maximum atomic E-state index is 12.3. The van der Waals surface area contributed by atoms with Gasteiger partial charge in [-0.15, -0.1) is 0 Å². The molecule has 111 valence electrons. The van der Waals surface area contributed by atoms with Gasteiger partial charge in [0.2, 0.25) is 0 Å². The number of carbonyl (C=O) groups is 1. The molecule has 0 saturated carbocycles. The van der Waals surface area contributed by atoms with Crippen LogP contribution in [-0.4, -0.2) is 38.8 Å². The number of carbonyl (C=O) groups excluding carboxylic acids is 2. The minimum Gasteiger partial charge on any atom is -0.452 e. The van der Waals surface area contributed by atoms with Gasteiger partial charge < -0.3 is 9.53 Å². The van der Waals surface area contributed by atoms with Gasteiger partial charge in [0.1, 0.15) is 0 Å². The van der Waals surface area contributed by atoms with Crippen molar-refractivity contribution in [3.63, 3.8) is 0 Å². The molecule has 0 aliphatic rings. The SMILES string of the molecule is COC(=O)N(C/C=C/[C-]=O)S(=O)(=O)c1ccc(C)cc1.[Y]. The zero-order valence-corrected chi connectivity index (χ0v) is 15.3. The monoisotopic (exact) mass is 385 g/mol. The van der Waals surface area contributed by atoms with Crippen LogP contribution in [0.25, 0.3) is 0 Å². The van der Waals surface area contributed by atoms with Crippen molar-refractivity contribution in [1.82, 2.24) is 4.31 Å². The van der Waals surface area contributed by atoms with Crippen LogP contribution in [0, 0.1) is 6.92 Å². The Morgan fingerprint density at radius 3 is 2.38 bits per heavy atom. The van der Waals surface area contributed by atoms with E-state index in [-0.39, 0.29) is 44.1 Å². The molecule has 0 fully saturated rings. The second kappa shape index (κ2) is 9.07. The smallest absolute Gasteiger partial charge is 0.422 e. The van der Waals surface area contributed by atoms with E-state index in [2.05, 4.69) is 4.74 Å². The molecule has 1 radical (unpaired) electrons. The number of ether oxygens (including phenoxy) is 1. The van der Waals surface area contributed by atoms with Gasteiger partial charge in [-0.1, -0.05) is 17.7 Å². The zero-order chi connectivity index (χ0) is 15.2. The van der Waals surface area contributed by atoms with Gasteiger partial charge in [0, 0.05) is 32.7 Å². The summed E-state index contributed by atoms with van der Waals surface area (Å²) < 4.78 is 29.6. The second-order valence-electron chi connectivity index (χ2n) is 3.84. The largest absolute Gasteiger partial charge is 0.452 e. The Balaban J connectivity index is 0.00000400. The van der Waals surface area contributed by atoms with Crippen molar-refractivity contribution in [2.75, 3.05) is 13.7 Å². The van der Waals surface area contributed by atoms with Crippen LogP contribution in [0.3, 0.4) is 0 Å². The van der Waals surface area contributed by atoms with Crippen LogP contribution >= 0.6 is 0 Å². The number of methoxy groups -OCH3 is 1. The fourth-order valence-corrected chi connectivity index (χ4v) is 2.69. The fraction of sp³-hybridized carbons (Fsp3) is 0.231. The van der Waals surface area contributed by atoms with E-state index in [1.807, 2.05) is 6.92 Å². The number of sulfonamides is 1. The van der Waals surface area contributed by atoms with E-state index in [9.17, 15) is 18.0 Å². The van der Waals surface area contributed by atoms with Gasteiger partial charge in [0.05, 0.1) is 12.0 Å². The Hall–Kier alpha value is -1.05. The van der Waals surface area contributed by atoms with Gasteiger partial charge in [-0.3, -0.25) is 0 Å². The summed E-state index contributed by atoms with van der Waals surface area (Å²) in [4.78, 5) is 21.6. The molecule has 1 rings (SSSR count). The summed E-state index contributed by atoms with van der Waals surface area (Å²) in [5, 5.41) is 0. The summed E-state index contributed by atoms with van der Waals surface area (Å²) in [5.74, 6) is 0. The third-order valence-corrected chi connectivity index (χ3v) is 4.19. The molecular weight excluding hydrogens is 371 g/mol. The molecule has 0 aromatic heterocycles. The maximum Gasteiger partial charge on any atom is 0.422 e. The van der Waals surface area contributed by atoms with Crippen molar-refractivity contribution in [2.45, 2.75) is 11.8 Å². The second-order valence-corrected chi connectivity index (χ2v) is 5.70. The molecule has 0 aliphatic heterocycles. The van der Waals surface area contributed by atoms with Crippen molar-refractivity contribution >= 4 is 22.4 Å². The Kier molecular flexibility index (Phi) is 8.62. The molecule has 0 bridgehead atoms. The third kappa shape index (κ3) is 5.34.